The second-order valence-electron chi connectivity index (χ2n) is 5.14. The van der Waals surface area contributed by atoms with Crippen LogP contribution in [0.25, 0.3) is 10.7 Å². The predicted molar refractivity (Wildman–Crippen MR) is 78.1 cm³/mol. The Labute approximate surface area is 121 Å². The number of carbonyl (C=O) groups is 1. The highest BCUT2D eigenvalue weighted by molar-refractivity contribution is 7.15. The van der Waals surface area contributed by atoms with Crippen LogP contribution in [0.5, 0.6) is 0 Å². The second-order valence-corrected chi connectivity index (χ2v) is 6.22. The topological polar surface area (TPSA) is 63.1 Å². The Morgan fingerprint density at radius 1 is 1.55 bits per heavy atom. The van der Waals surface area contributed by atoms with E-state index in [2.05, 4.69) is 16.9 Å². The van der Waals surface area contributed by atoms with Crippen LogP contribution in [-0.2, 0) is 12.8 Å². The molecule has 1 N–H and O–H groups in total. The minimum absolute atomic E-state index is 0.259. The summed E-state index contributed by atoms with van der Waals surface area (Å²) in [7, 11) is 0. The lowest BCUT2D eigenvalue weighted by molar-refractivity contribution is 0.0697. The van der Waals surface area contributed by atoms with E-state index in [1.807, 2.05) is 0 Å². The molecule has 1 aliphatic carbocycles. The smallest absolute Gasteiger partial charge is 0.335 e. The molecule has 0 bridgehead atoms. The molecule has 104 valence electrons. The number of carboxylic acid groups (broad SMARTS) is 1. The standard InChI is InChI=1S/C15H16N2O2S/c1-2-9-3-4-11-13(7-9)20-14(17-11)12-8-10(15(18)19)5-6-16-12/h5-6,8-9H,2-4,7H2,1H3,(H,18,19). The number of pyridine rings is 1. The number of aromatic nitrogens is 2. The molecule has 3 rings (SSSR count). The Balaban J connectivity index is 1.94. The molecule has 2 aromatic heterocycles. The minimum atomic E-state index is -0.930. The molecular weight excluding hydrogens is 272 g/mol. The van der Waals surface area contributed by atoms with E-state index in [9.17, 15) is 4.79 Å². The molecule has 0 aliphatic heterocycles. The Bertz CT molecular complexity index is 651. The predicted octanol–water partition coefficient (Wildman–Crippen LogP) is 3.42. The third kappa shape index (κ3) is 2.45. The van der Waals surface area contributed by atoms with Gasteiger partial charge in [-0.2, -0.15) is 0 Å². The fraction of sp³-hybridized carbons (Fsp3) is 0.400. The maximum Gasteiger partial charge on any atom is 0.335 e. The van der Waals surface area contributed by atoms with Gasteiger partial charge in [-0.15, -0.1) is 11.3 Å². The number of nitrogens with zero attached hydrogens (tertiary/aromatic N) is 2. The number of hydrogen-bond donors (Lipinski definition) is 1. The maximum atomic E-state index is 11.0. The van der Waals surface area contributed by atoms with Crippen LogP contribution in [0.15, 0.2) is 18.3 Å². The molecule has 20 heavy (non-hydrogen) atoms. The summed E-state index contributed by atoms with van der Waals surface area (Å²) >= 11 is 1.66. The molecule has 0 saturated heterocycles. The summed E-state index contributed by atoms with van der Waals surface area (Å²) in [6, 6.07) is 3.11. The average molecular weight is 288 g/mol. The number of hydrogen-bond acceptors (Lipinski definition) is 4. The summed E-state index contributed by atoms with van der Waals surface area (Å²) in [5, 5.41) is 9.88. The average Bonchev–Trinajstić information content (AvgIpc) is 2.90. The van der Waals surface area contributed by atoms with Crippen molar-refractivity contribution in [2.45, 2.75) is 32.6 Å². The van der Waals surface area contributed by atoms with Gasteiger partial charge in [0.1, 0.15) is 5.01 Å². The van der Waals surface area contributed by atoms with Gasteiger partial charge in [-0.1, -0.05) is 13.3 Å². The van der Waals surface area contributed by atoms with Crippen LogP contribution in [0.2, 0.25) is 0 Å². The van der Waals surface area contributed by atoms with Crippen LogP contribution < -0.4 is 0 Å². The van der Waals surface area contributed by atoms with Gasteiger partial charge in [-0.3, -0.25) is 4.98 Å². The summed E-state index contributed by atoms with van der Waals surface area (Å²) in [5.41, 5.74) is 2.10. The molecule has 5 heteroatoms. The summed E-state index contributed by atoms with van der Waals surface area (Å²) in [6.07, 6.45) is 6.08. The highest BCUT2D eigenvalue weighted by atomic mass is 32.1. The third-order valence-electron chi connectivity index (χ3n) is 3.85. The molecule has 2 heterocycles. The first-order valence-electron chi connectivity index (χ1n) is 6.85. The van der Waals surface area contributed by atoms with Gasteiger partial charge in [0.25, 0.3) is 0 Å². The number of aryl methyl sites for hydroxylation is 1. The molecule has 1 atom stereocenters. The van der Waals surface area contributed by atoms with Crippen LogP contribution in [0.1, 0.15) is 40.7 Å². The van der Waals surface area contributed by atoms with Gasteiger partial charge in [0.15, 0.2) is 0 Å². The van der Waals surface area contributed by atoms with E-state index in [1.165, 1.54) is 35.7 Å². The summed E-state index contributed by atoms with van der Waals surface area (Å²) in [4.78, 5) is 21.3. The lowest BCUT2D eigenvalue weighted by Crippen LogP contribution is -2.11. The largest absolute Gasteiger partial charge is 0.478 e. The highest BCUT2D eigenvalue weighted by Gasteiger charge is 2.22. The molecule has 0 saturated carbocycles. The van der Waals surface area contributed by atoms with Gasteiger partial charge in [0.05, 0.1) is 17.0 Å². The van der Waals surface area contributed by atoms with E-state index in [0.717, 1.165) is 23.8 Å². The van der Waals surface area contributed by atoms with Crippen molar-refractivity contribution in [2.24, 2.45) is 5.92 Å². The molecule has 0 spiro atoms. The van der Waals surface area contributed by atoms with E-state index in [0.29, 0.717) is 5.69 Å². The van der Waals surface area contributed by atoms with Crippen molar-refractivity contribution in [1.82, 2.24) is 9.97 Å². The lowest BCUT2D eigenvalue weighted by atomic mass is 9.89. The van der Waals surface area contributed by atoms with Crippen molar-refractivity contribution in [3.8, 4) is 10.7 Å². The summed E-state index contributed by atoms with van der Waals surface area (Å²) in [5.74, 6) is -0.171. The number of rotatable bonds is 3. The van der Waals surface area contributed by atoms with Crippen molar-refractivity contribution in [2.75, 3.05) is 0 Å². The Hall–Kier alpha value is -1.75. The van der Waals surface area contributed by atoms with Gasteiger partial charge in [0.2, 0.25) is 0 Å². The second kappa shape index (κ2) is 5.32. The van der Waals surface area contributed by atoms with Gasteiger partial charge >= 0.3 is 5.97 Å². The number of fused-ring (bicyclic) bond motifs is 1. The van der Waals surface area contributed by atoms with Crippen molar-refractivity contribution in [3.63, 3.8) is 0 Å². The van der Waals surface area contributed by atoms with E-state index in [4.69, 9.17) is 5.11 Å². The molecule has 2 aromatic rings. The molecule has 1 aliphatic rings. The van der Waals surface area contributed by atoms with Gasteiger partial charge in [-0.25, -0.2) is 9.78 Å². The van der Waals surface area contributed by atoms with Crippen molar-refractivity contribution in [3.05, 3.63) is 34.5 Å². The van der Waals surface area contributed by atoms with E-state index >= 15 is 0 Å². The number of thiazole rings is 1. The molecular formula is C15H16N2O2S. The number of aromatic carboxylic acids is 1. The Morgan fingerprint density at radius 2 is 2.40 bits per heavy atom. The summed E-state index contributed by atoms with van der Waals surface area (Å²) in [6.45, 7) is 2.23. The highest BCUT2D eigenvalue weighted by Crippen LogP contribution is 2.34. The molecule has 1 unspecified atom stereocenters. The van der Waals surface area contributed by atoms with Crippen molar-refractivity contribution < 1.29 is 9.90 Å². The van der Waals surface area contributed by atoms with Gasteiger partial charge in [0, 0.05) is 11.1 Å². The minimum Gasteiger partial charge on any atom is -0.478 e. The molecule has 0 aromatic carbocycles. The first-order chi connectivity index (χ1) is 9.67. The van der Waals surface area contributed by atoms with E-state index < -0.39 is 5.97 Å². The molecule has 4 nitrogen and oxygen atoms in total. The third-order valence-corrected chi connectivity index (χ3v) is 4.99. The lowest BCUT2D eigenvalue weighted by Gasteiger charge is -2.18. The van der Waals surface area contributed by atoms with E-state index in [-0.39, 0.29) is 5.56 Å². The normalized spacial score (nSPS) is 17.8. The quantitative estimate of drug-likeness (QED) is 0.940. The van der Waals surface area contributed by atoms with Gasteiger partial charge in [-0.05, 0) is 37.3 Å². The number of carboxylic acids is 1. The first-order valence-corrected chi connectivity index (χ1v) is 7.67. The van der Waals surface area contributed by atoms with Crippen LogP contribution in [0.4, 0.5) is 0 Å². The zero-order valence-corrected chi connectivity index (χ0v) is 12.1. The Morgan fingerprint density at radius 3 is 3.15 bits per heavy atom. The maximum absolute atomic E-state index is 11.0. The fourth-order valence-corrected chi connectivity index (χ4v) is 3.77. The fourth-order valence-electron chi connectivity index (χ4n) is 2.58. The first kappa shape index (κ1) is 13.2. The van der Waals surface area contributed by atoms with Crippen LogP contribution in [0.3, 0.4) is 0 Å². The van der Waals surface area contributed by atoms with Crippen molar-refractivity contribution >= 4 is 17.3 Å². The summed E-state index contributed by atoms with van der Waals surface area (Å²) < 4.78 is 0. The zero-order valence-electron chi connectivity index (χ0n) is 11.3. The molecule has 0 amide bonds. The molecule has 0 fully saturated rings. The van der Waals surface area contributed by atoms with E-state index in [1.54, 1.807) is 17.4 Å². The van der Waals surface area contributed by atoms with Crippen molar-refractivity contribution in [1.29, 1.82) is 0 Å². The SMILES string of the molecule is CCC1CCc2nc(-c3cc(C(=O)O)ccn3)sc2C1. The molecule has 0 radical (unpaired) electrons. The van der Waals surface area contributed by atoms with Crippen LogP contribution in [-0.4, -0.2) is 21.0 Å². The Kier molecular flexibility index (Phi) is 3.53. The van der Waals surface area contributed by atoms with Crippen LogP contribution >= 0.6 is 11.3 Å². The van der Waals surface area contributed by atoms with Crippen LogP contribution in [0, 0.1) is 5.92 Å². The van der Waals surface area contributed by atoms with Gasteiger partial charge < -0.3 is 5.11 Å². The monoisotopic (exact) mass is 288 g/mol. The zero-order chi connectivity index (χ0) is 14.1.